The van der Waals surface area contributed by atoms with E-state index in [-0.39, 0.29) is 6.10 Å². The van der Waals surface area contributed by atoms with Crippen molar-refractivity contribution in [1.82, 2.24) is 20.2 Å². The van der Waals surface area contributed by atoms with Crippen LogP contribution in [0.1, 0.15) is 36.3 Å². The van der Waals surface area contributed by atoms with Gasteiger partial charge in [0.2, 0.25) is 0 Å². The van der Waals surface area contributed by atoms with Crippen LogP contribution in [-0.4, -0.2) is 41.5 Å². The third kappa shape index (κ3) is 4.85. The molecule has 1 atom stereocenters. The van der Waals surface area contributed by atoms with Gasteiger partial charge in [0.15, 0.2) is 5.96 Å². The summed E-state index contributed by atoms with van der Waals surface area (Å²) in [6.45, 7) is 6.09. The summed E-state index contributed by atoms with van der Waals surface area (Å²) in [7, 11) is 3.73. The van der Waals surface area contributed by atoms with Gasteiger partial charge in [-0.15, -0.1) is 11.3 Å². The van der Waals surface area contributed by atoms with Crippen LogP contribution in [0.5, 0.6) is 0 Å². The van der Waals surface area contributed by atoms with Crippen molar-refractivity contribution >= 4 is 28.1 Å². The number of hydrogen-bond acceptors (Lipinski definition) is 5. The van der Waals surface area contributed by atoms with Crippen molar-refractivity contribution in [3.8, 4) is 0 Å². The second-order valence-electron chi connectivity index (χ2n) is 6.56. The molecular weight excluding hydrogens is 370 g/mol. The zero-order valence-electron chi connectivity index (χ0n) is 16.8. The first kappa shape index (κ1) is 20.2. The molecule has 28 heavy (non-hydrogen) atoms. The third-order valence-electron chi connectivity index (χ3n) is 4.50. The molecule has 7 heteroatoms. The van der Waals surface area contributed by atoms with E-state index in [2.05, 4.69) is 44.6 Å². The first-order valence-electron chi connectivity index (χ1n) is 9.41. The summed E-state index contributed by atoms with van der Waals surface area (Å²) < 4.78 is 5.35. The number of nitrogens with zero attached hydrogens (tertiary/aromatic N) is 4. The molecule has 6 nitrogen and oxygen atoms in total. The Morgan fingerprint density at radius 3 is 2.93 bits per heavy atom. The van der Waals surface area contributed by atoms with E-state index in [9.17, 15) is 0 Å². The first-order chi connectivity index (χ1) is 13.6. The fourth-order valence-electron chi connectivity index (χ4n) is 2.93. The van der Waals surface area contributed by atoms with Gasteiger partial charge < -0.3 is 15.0 Å². The average Bonchev–Trinajstić information content (AvgIpc) is 3.18. The Hall–Kier alpha value is -2.51. The lowest BCUT2D eigenvalue weighted by atomic mass is 10.1. The third-order valence-corrected chi connectivity index (χ3v) is 5.56. The highest BCUT2D eigenvalue weighted by molar-refractivity contribution is 7.09. The van der Waals surface area contributed by atoms with Crippen LogP contribution in [-0.2, 0) is 17.8 Å². The van der Waals surface area contributed by atoms with E-state index in [4.69, 9.17) is 9.73 Å². The number of methoxy groups -OCH3 is 1. The molecule has 0 saturated carbocycles. The average molecular weight is 398 g/mol. The Kier molecular flexibility index (Phi) is 6.95. The monoisotopic (exact) mass is 397 g/mol. The molecule has 0 saturated heterocycles. The Balaban J connectivity index is 1.75. The molecule has 2 aromatic heterocycles. The maximum absolute atomic E-state index is 5.35. The molecule has 1 N–H and O–H groups in total. The van der Waals surface area contributed by atoms with Crippen molar-refractivity contribution in [2.24, 2.45) is 4.99 Å². The summed E-state index contributed by atoms with van der Waals surface area (Å²) in [6, 6.07) is 10.3. The van der Waals surface area contributed by atoms with E-state index in [1.165, 1.54) is 5.39 Å². The van der Waals surface area contributed by atoms with Crippen LogP contribution in [0, 0.1) is 0 Å². The highest BCUT2D eigenvalue weighted by Crippen LogP contribution is 2.21. The van der Waals surface area contributed by atoms with Gasteiger partial charge in [0.1, 0.15) is 11.1 Å². The lowest BCUT2D eigenvalue weighted by molar-refractivity contribution is 0.119. The predicted octanol–water partition coefficient (Wildman–Crippen LogP) is 4.00. The molecule has 1 aromatic carbocycles. The number of aliphatic imine (C=N–C) groups is 1. The van der Waals surface area contributed by atoms with Gasteiger partial charge in [0.05, 0.1) is 24.5 Å². The SMILES string of the molecule is CCNC(=NCc1nccc2ccccc12)N(C)Cc1csc(C(C)OC)n1. The van der Waals surface area contributed by atoms with Crippen LogP contribution in [0.4, 0.5) is 0 Å². The number of ether oxygens (including phenoxy) is 1. The van der Waals surface area contributed by atoms with E-state index < -0.39 is 0 Å². The minimum absolute atomic E-state index is 0.0170. The first-order valence-corrected chi connectivity index (χ1v) is 10.3. The molecule has 0 radical (unpaired) electrons. The number of nitrogens with one attached hydrogen (secondary N) is 1. The molecule has 0 fully saturated rings. The molecule has 3 rings (SSSR count). The fraction of sp³-hybridized carbons (Fsp3) is 0.381. The Morgan fingerprint density at radius 1 is 1.32 bits per heavy atom. The molecule has 0 aliphatic heterocycles. The van der Waals surface area contributed by atoms with E-state index in [1.807, 2.05) is 38.4 Å². The highest BCUT2D eigenvalue weighted by Gasteiger charge is 2.13. The fourth-order valence-corrected chi connectivity index (χ4v) is 3.77. The maximum Gasteiger partial charge on any atom is 0.194 e. The van der Waals surface area contributed by atoms with Crippen molar-refractivity contribution in [2.45, 2.75) is 33.0 Å². The van der Waals surface area contributed by atoms with Crippen LogP contribution in [0.25, 0.3) is 10.8 Å². The summed E-state index contributed by atoms with van der Waals surface area (Å²) in [4.78, 5) is 16.1. The molecule has 0 aliphatic rings. The molecule has 148 valence electrons. The van der Waals surface area contributed by atoms with Crippen LogP contribution >= 0.6 is 11.3 Å². The second-order valence-corrected chi connectivity index (χ2v) is 7.45. The topological polar surface area (TPSA) is 62.6 Å². The number of benzene rings is 1. The number of aromatic nitrogens is 2. The van der Waals surface area contributed by atoms with Gasteiger partial charge in [0.25, 0.3) is 0 Å². The zero-order chi connectivity index (χ0) is 19.9. The Labute approximate surface area is 170 Å². The Morgan fingerprint density at radius 2 is 2.14 bits per heavy atom. The molecular formula is C21H27N5OS. The molecule has 3 aromatic rings. The van der Waals surface area contributed by atoms with Gasteiger partial charge in [-0.3, -0.25) is 4.98 Å². The van der Waals surface area contributed by atoms with Crippen LogP contribution in [0.15, 0.2) is 46.9 Å². The summed E-state index contributed by atoms with van der Waals surface area (Å²) in [5.41, 5.74) is 1.99. The summed E-state index contributed by atoms with van der Waals surface area (Å²) in [5.74, 6) is 0.839. The number of thiazole rings is 1. The zero-order valence-corrected chi connectivity index (χ0v) is 17.7. The number of hydrogen-bond donors (Lipinski definition) is 1. The summed E-state index contributed by atoms with van der Waals surface area (Å²) in [5, 5.41) is 8.76. The van der Waals surface area contributed by atoms with E-state index in [1.54, 1.807) is 18.4 Å². The largest absolute Gasteiger partial charge is 0.375 e. The van der Waals surface area contributed by atoms with Gasteiger partial charge in [-0.25, -0.2) is 9.98 Å². The molecule has 0 amide bonds. The van der Waals surface area contributed by atoms with Gasteiger partial charge in [-0.1, -0.05) is 24.3 Å². The minimum Gasteiger partial charge on any atom is -0.375 e. The number of pyridine rings is 1. The van der Waals surface area contributed by atoms with Gasteiger partial charge in [0, 0.05) is 37.7 Å². The molecule has 2 heterocycles. The van der Waals surface area contributed by atoms with Crippen LogP contribution in [0.2, 0.25) is 0 Å². The summed E-state index contributed by atoms with van der Waals surface area (Å²) in [6.07, 6.45) is 1.86. The van der Waals surface area contributed by atoms with Gasteiger partial charge in [-0.05, 0) is 25.3 Å². The van der Waals surface area contributed by atoms with Crippen molar-refractivity contribution in [3.05, 3.63) is 58.3 Å². The molecule has 0 bridgehead atoms. The Bertz CT molecular complexity index is 934. The smallest absolute Gasteiger partial charge is 0.194 e. The van der Waals surface area contributed by atoms with Crippen molar-refractivity contribution < 1.29 is 4.74 Å². The van der Waals surface area contributed by atoms with Crippen molar-refractivity contribution in [2.75, 3.05) is 20.7 Å². The lowest BCUT2D eigenvalue weighted by Crippen LogP contribution is -2.38. The van der Waals surface area contributed by atoms with Crippen LogP contribution in [0.3, 0.4) is 0 Å². The van der Waals surface area contributed by atoms with Crippen molar-refractivity contribution in [3.63, 3.8) is 0 Å². The summed E-state index contributed by atoms with van der Waals surface area (Å²) >= 11 is 1.63. The predicted molar refractivity (Wildman–Crippen MR) is 116 cm³/mol. The molecule has 1 unspecified atom stereocenters. The highest BCUT2D eigenvalue weighted by atomic mass is 32.1. The standard InChI is InChI=1S/C21H27N5OS/c1-5-22-21(26(3)13-17-14-28-20(25-17)15(2)27-4)24-12-19-18-9-7-6-8-16(18)10-11-23-19/h6-11,14-15H,5,12-13H2,1-4H3,(H,22,24). The number of guanidine groups is 1. The van der Waals surface area contributed by atoms with Gasteiger partial charge >= 0.3 is 0 Å². The number of fused-ring (bicyclic) bond motifs is 1. The van der Waals surface area contributed by atoms with E-state index >= 15 is 0 Å². The lowest BCUT2D eigenvalue weighted by Gasteiger charge is -2.21. The van der Waals surface area contributed by atoms with Crippen LogP contribution < -0.4 is 5.32 Å². The molecule has 0 spiro atoms. The van der Waals surface area contributed by atoms with Crippen molar-refractivity contribution in [1.29, 1.82) is 0 Å². The van der Waals surface area contributed by atoms with E-state index in [0.717, 1.165) is 34.3 Å². The molecule has 0 aliphatic carbocycles. The maximum atomic E-state index is 5.35. The van der Waals surface area contributed by atoms with Gasteiger partial charge in [-0.2, -0.15) is 0 Å². The normalized spacial score (nSPS) is 12.9. The van der Waals surface area contributed by atoms with E-state index in [0.29, 0.717) is 13.1 Å². The quantitative estimate of drug-likeness (QED) is 0.482. The number of rotatable bonds is 7. The second kappa shape index (κ2) is 9.61. The minimum atomic E-state index is 0.0170.